The summed E-state index contributed by atoms with van der Waals surface area (Å²) in [4.78, 5) is 12.0. The Hall–Kier alpha value is -1.26. The van der Waals surface area contributed by atoms with Crippen LogP contribution in [0.25, 0.3) is 0 Å². The third kappa shape index (κ3) is 4.61. The summed E-state index contributed by atoms with van der Waals surface area (Å²) < 4.78 is 5.62. The van der Waals surface area contributed by atoms with Crippen LogP contribution in [0.1, 0.15) is 30.9 Å². The Labute approximate surface area is 132 Å². The summed E-state index contributed by atoms with van der Waals surface area (Å²) in [5.41, 5.74) is 7.66. The van der Waals surface area contributed by atoms with E-state index in [4.69, 9.17) is 10.5 Å². The third-order valence-electron chi connectivity index (χ3n) is 4.03. The van der Waals surface area contributed by atoms with Gasteiger partial charge in [-0.05, 0) is 56.7 Å². The molecule has 1 unspecified atom stereocenters. The largest absolute Gasteiger partial charge is 0.483 e. The first-order valence-corrected chi connectivity index (χ1v) is 7.16. The molecule has 0 aromatic heterocycles. The smallest absolute Gasteiger partial charge is 0.258 e. The number of carbonyl (C=O) groups excluding carboxylic acids is 1. The second-order valence-electron chi connectivity index (χ2n) is 6.00. The van der Waals surface area contributed by atoms with Gasteiger partial charge in [-0.2, -0.15) is 0 Å². The monoisotopic (exact) mass is 312 g/mol. The van der Waals surface area contributed by atoms with Crippen LogP contribution in [0, 0.1) is 19.8 Å². The van der Waals surface area contributed by atoms with Gasteiger partial charge in [0.2, 0.25) is 0 Å². The molecule has 1 saturated carbocycles. The fraction of sp³-hybridized carbons (Fsp3) is 0.562. The maximum Gasteiger partial charge on any atom is 0.258 e. The lowest BCUT2D eigenvalue weighted by Gasteiger charge is -2.29. The van der Waals surface area contributed by atoms with Crippen LogP contribution in [-0.2, 0) is 4.79 Å². The van der Waals surface area contributed by atoms with Crippen LogP contribution in [0.15, 0.2) is 18.2 Å². The van der Waals surface area contributed by atoms with Gasteiger partial charge in [0, 0.05) is 6.54 Å². The lowest BCUT2D eigenvalue weighted by molar-refractivity contribution is -0.125. The summed E-state index contributed by atoms with van der Waals surface area (Å²) in [5, 5.41) is 3.02. The predicted octanol–water partition coefficient (Wildman–Crippen LogP) is 2.35. The SMILES string of the molecule is Cc1ccc(C)c(OCC(=O)NC(C)(CN)C2CC2)c1.Cl. The molecule has 1 amide bonds. The summed E-state index contributed by atoms with van der Waals surface area (Å²) in [6, 6.07) is 5.98. The molecule has 1 aliphatic carbocycles. The van der Waals surface area contributed by atoms with Crippen molar-refractivity contribution in [2.75, 3.05) is 13.2 Å². The van der Waals surface area contributed by atoms with Crippen molar-refractivity contribution >= 4 is 18.3 Å². The summed E-state index contributed by atoms with van der Waals surface area (Å²) in [6.45, 7) is 6.49. The van der Waals surface area contributed by atoms with Gasteiger partial charge in [0.15, 0.2) is 6.61 Å². The second-order valence-corrected chi connectivity index (χ2v) is 6.00. The van der Waals surface area contributed by atoms with E-state index in [2.05, 4.69) is 5.32 Å². The molecule has 2 rings (SSSR count). The van der Waals surface area contributed by atoms with Crippen LogP contribution in [0.3, 0.4) is 0 Å². The van der Waals surface area contributed by atoms with Crippen LogP contribution >= 0.6 is 12.4 Å². The fourth-order valence-corrected chi connectivity index (χ4v) is 2.40. The summed E-state index contributed by atoms with van der Waals surface area (Å²) in [6.07, 6.45) is 2.29. The van der Waals surface area contributed by atoms with E-state index in [9.17, 15) is 4.79 Å². The lowest BCUT2D eigenvalue weighted by Crippen LogP contribution is -2.54. The van der Waals surface area contributed by atoms with Gasteiger partial charge in [0.25, 0.3) is 5.91 Å². The number of hydrogen-bond acceptors (Lipinski definition) is 3. The molecular formula is C16H25ClN2O2. The Morgan fingerprint density at radius 3 is 2.67 bits per heavy atom. The summed E-state index contributed by atoms with van der Waals surface area (Å²) >= 11 is 0. The predicted molar refractivity (Wildman–Crippen MR) is 87.0 cm³/mol. The minimum atomic E-state index is -0.290. The highest BCUT2D eigenvalue weighted by atomic mass is 35.5. The second kappa shape index (κ2) is 7.14. The van der Waals surface area contributed by atoms with Gasteiger partial charge in [-0.15, -0.1) is 12.4 Å². The lowest BCUT2D eigenvalue weighted by atomic mass is 9.96. The number of benzene rings is 1. The Bertz CT molecular complexity index is 503. The highest BCUT2D eigenvalue weighted by Crippen LogP contribution is 2.38. The maximum atomic E-state index is 12.0. The van der Waals surface area contributed by atoms with E-state index in [1.165, 1.54) is 0 Å². The molecule has 1 fully saturated rings. The number of rotatable bonds is 6. The number of nitrogens with two attached hydrogens (primary N) is 1. The zero-order valence-electron chi connectivity index (χ0n) is 12.9. The average Bonchev–Trinajstić information content (AvgIpc) is 3.24. The molecule has 1 aromatic rings. The first kappa shape index (κ1) is 17.8. The van der Waals surface area contributed by atoms with E-state index in [-0.39, 0.29) is 30.5 Å². The van der Waals surface area contributed by atoms with Gasteiger partial charge >= 0.3 is 0 Å². The topological polar surface area (TPSA) is 64.3 Å². The average molecular weight is 313 g/mol. The van der Waals surface area contributed by atoms with E-state index >= 15 is 0 Å². The minimum Gasteiger partial charge on any atom is -0.483 e. The van der Waals surface area contributed by atoms with Crippen LogP contribution in [0.4, 0.5) is 0 Å². The number of nitrogens with one attached hydrogen (secondary N) is 1. The zero-order chi connectivity index (χ0) is 14.8. The number of amides is 1. The van der Waals surface area contributed by atoms with Crippen molar-refractivity contribution < 1.29 is 9.53 Å². The highest BCUT2D eigenvalue weighted by molar-refractivity contribution is 5.85. The molecule has 3 N–H and O–H groups in total. The van der Waals surface area contributed by atoms with Gasteiger partial charge < -0.3 is 15.8 Å². The maximum absolute atomic E-state index is 12.0. The van der Waals surface area contributed by atoms with Gasteiger partial charge in [-0.3, -0.25) is 4.79 Å². The highest BCUT2D eigenvalue weighted by Gasteiger charge is 2.41. The Morgan fingerprint density at radius 1 is 1.43 bits per heavy atom. The molecule has 1 aliphatic rings. The molecule has 0 saturated heterocycles. The zero-order valence-corrected chi connectivity index (χ0v) is 13.8. The Morgan fingerprint density at radius 2 is 2.10 bits per heavy atom. The van der Waals surface area contributed by atoms with E-state index < -0.39 is 0 Å². The minimum absolute atomic E-state index is 0. The molecule has 0 aliphatic heterocycles. The van der Waals surface area contributed by atoms with Crippen LogP contribution in [0.5, 0.6) is 5.75 Å². The molecular weight excluding hydrogens is 288 g/mol. The number of carbonyl (C=O) groups is 1. The normalized spacial score (nSPS) is 16.6. The Kier molecular flexibility index (Phi) is 6.05. The molecule has 118 valence electrons. The van der Waals surface area contributed by atoms with Crippen molar-refractivity contribution in [3.8, 4) is 5.75 Å². The van der Waals surface area contributed by atoms with Gasteiger partial charge in [0.1, 0.15) is 5.75 Å². The van der Waals surface area contributed by atoms with Gasteiger partial charge in [-0.1, -0.05) is 12.1 Å². The molecule has 21 heavy (non-hydrogen) atoms. The van der Waals surface area contributed by atoms with E-state index in [1.807, 2.05) is 39.0 Å². The standard InChI is InChI=1S/C16H24N2O2.ClH/c1-11-4-5-12(2)14(8-11)20-9-15(19)18-16(3,10-17)13-6-7-13;/h4-5,8,13H,6-7,9-10,17H2,1-3H3,(H,18,19);1H. The van der Waals surface area contributed by atoms with E-state index in [1.54, 1.807) is 0 Å². The number of hydrogen-bond donors (Lipinski definition) is 2. The van der Waals surface area contributed by atoms with Gasteiger partial charge in [0.05, 0.1) is 5.54 Å². The molecule has 5 heteroatoms. The fourth-order valence-electron chi connectivity index (χ4n) is 2.40. The summed E-state index contributed by atoms with van der Waals surface area (Å²) in [7, 11) is 0. The molecule has 4 nitrogen and oxygen atoms in total. The number of halogens is 1. The van der Waals surface area contributed by atoms with Crippen molar-refractivity contribution in [1.29, 1.82) is 0 Å². The van der Waals surface area contributed by atoms with Gasteiger partial charge in [-0.25, -0.2) is 0 Å². The molecule has 0 heterocycles. The third-order valence-corrected chi connectivity index (χ3v) is 4.03. The van der Waals surface area contributed by atoms with Crippen LogP contribution in [-0.4, -0.2) is 24.6 Å². The summed E-state index contributed by atoms with van der Waals surface area (Å²) in [5.74, 6) is 1.17. The van der Waals surface area contributed by atoms with E-state index in [0.29, 0.717) is 12.5 Å². The quantitative estimate of drug-likeness (QED) is 0.847. The van der Waals surface area contributed by atoms with Crippen molar-refractivity contribution in [2.45, 2.75) is 39.2 Å². The first-order chi connectivity index (χ1) is 9.44. The number of ether oxygens (including phenoxy) is 1. The van der Waals surface area contributed by atoms with Crippen molar-refractivity contribution in [3.05, 3.63) is 29.3 Å². The Balaban J connectivity index is 0.00000220. The van der Waals surface area contributed by atoms with Crippen molar-refractivity contribution in [2.24, 2.45) is 11.7 Å². The van der Waals surface area contributed by atoms with Crippen molar-refractivity contribution in [3.63, 3.8) is 0 Å². The molecule has 0 bridgehead atoms. The molecule has 1 atom stereocenters. The molecule has 0 radical (unpaired) electrons. The van der Waals surface area contributed by atoms with Crippen molar-refractivity contribution in [1.82, 2.24) is 5.32 Å². The molecule has 0 spiro atoms. The number of aryl methyl sites for hydroxylation is 2. The molecule has 1 aromatic carbocycles. The van der Waals surface area contributed by atoms with E-state index in [0.717, 1.165) is 29.7 Å². The van der Waals surface area contributed by atoms with Crippen LogP contribution in [0.2, 0.25) is 0 Å². The first-order valence-electron chi connectivity index (χ1n) is 7.16. The van der Waals surface area contributed by atoms with Crippen LogP contribution < -0.4 is 15.8 Å².